The predicted octanol–water partition coefficient (Wildman–Crippen LogP) is 3.09. The standard InChI is InChI=1S/C14H13ClN2O2/c15-12-8-11(14(18)19)9-13(17-12)16-7-6-10-4-2-1-3-5-10/h1-5,8-9H,6-7H2,(H,16,17)(H,18,19). The van der Waals surface area contributed by atoms with Gasteiger partial charge in [0.1, 0.15) is 11.0 Å². The molecule has 2 N–H and O–H groups in total. The maximum Gasteiger partial charge on any atom is 0.335 e. The monoisotopic (exact) mass is 276 g/mol. The molecule has 0 radical (unpaired) electrons. The molecule has 0 saturated heterocycles. The van der Waals surface area contributed by atoms with Gasteiger partial charge in [-0.15, -0.1) is 0 Å². The summed E-state index contributed by atoms with van der Waals surface area (Å²) in [6.07, 6.45) is 0.831. The zero-order valence-electron chi connectivity index (χ0n) is 10.1. The van der Waals surface area contributed by atoms with Gasteiger partial charge in [-0.1, -0.05) is 41.9 Å². The van der Waals surface area contributed by atoms with Gasteiger partial charge in [0.05, 0.1) is 5.56 Å². The van der Waals surface area contributed by atoms with Gasteiger partial charge >= 0.3 is 5.97 Å². The van der Waals surface area contributed by atoms with Gasteiger partial charge in [-0.2, -0.15) is 0 Å². The van der Waals surface area contributed by atoms with Crippen molar-refractivity contribution in [2.75, 3.05) is 11.9 Å². The first-order valence-corrected chi connectivity index (χ1v) is 6.21. The molecule has 1 aromatic heterocycles. The Morgan fingerprint density at radius 1 is 1.26 bits per heavy atom. The summed E-state index contributed by atoms with van der Waals surface area (Å²) >= 11 is 5.78. The van der Waals surface area contributed by atoms with Crippen LogP contribution in [0.3, 0.4) is 0 Å². The fraction of sp³-hybridized carbons (Fsp3) is 0.143. The van der Waals surface area contributed by atoms with Crippen LogP contribution in [0.4, 0.5) is 5.82 Å². The van der Waals surface area contributed by atoms with E-state index in [9.17, 15) is 4.79 Å². The summed E-state index contributed by atoms with van der Waals surface area (Å²) in [6, 6.07) is 12.8. The van der Waals surface area contributed by atoms with Crippen molar-refractivity contribution in [1.82, 2.24) is 4.98 Å². The number of rotatable bonds is 5. The first-order chi connectivity index (χ1) is 9.15. The molecule has 0 aliphatic rings. The Balaban J connectivity index is 1.98. The van der Waals surface area contributed by atoms with E-state index in [2.05, 4.69) is 10.3 Å². The van der Waals surface area contributed by atoms with Gasteiger partial charge in [-0.25, -0.2) is 9.78 Å². The van der Waals surface area contributed by atoms with Crippen LogP contribution in [0.25, 0.3) is 0 Å². The summed E-state index contributed by atoms with van der Waals surface area (Å²) in [5, 5.41) is 12.2. The highest BCUT2D eigenvalue weighted by atomic mass is 35.5. The largest absolute Gasteiger partial charge is 0.478 e. The van der Waals surface area contributed by atoms with Crippen LogP contribution in [0.2, 0.25) is 5.15 Å². The zero-order valence-corrected chi connectivity index (χ0v) is 10.9. The summed E-state index contributed by atoms with van der Waals surface area (Å²) < 4.78 is 0. The molecule has 1 heterocycles. The second-order valence-corrected chi connectivity index (χ2v) is 4.42. The lowest BCUT2D eigenvalue weighted by Crippen LogP contribution is -2.08. The van der Waals surface area contributed by atoms with Gasteiger partial charge in [0, 0.05) is 6.54 Å². The third-order valence-corrected chi connectivity index (χ3v) is 2.80. The van der Waals surface area contributed by atoms with Crippen molar-refractivity contribution in [1.29, 1.82) is 0 Å². The van der Waals surface area contributed by atoms with E-state index in [0.29, 0.717) is 12.4 Å². The minimum atomic E-state index is -1.02. The highest BCUT2D eigenvalue weighted by molar-refractivity contribution is 6.29. The molecule has 5 heteroatoms. The highest BCUT2D eigenvalue weighted by Crippen LogP contribution is 2.14. The minimum Gasteiger partial charge on any atom is -0.478 e. The molecule has 0 aliphatic heterocycles. The number of aromatic carboxylic acids is 1. The van der Waals surface area contributed by atoms with Gasteiger partial charge in [0.15, 0.2) is 0 Å². The number of pyridine rings is 1. The van der Waals surface area contributed by atoms with Gasteiger partial charge < -0.3 is 10.4 Å². The van der Waals surface area contributed by atoms with E-state index in [4.69, 9.17) is 16.7 Å². The third kappa shape index (κ3) is 3.96. The average Bonchev–Trinajstić information content (AvgIpc) is 2.39. The predicted molar refractivity (Wildman–Crippen MR) is 74.8 cm³/mol. The number of hydrogen-bond acceptors (Lipinski definition) is 3. The van der Waals surface area contributed by atoms with Crippen LogP contribution >= 0.6 is 11.6 Å². The maximum absolute atomic E-state index is 10.9. The molecule has 0 aliphatic carbocycles. The van der Waals surface area contributed by atoms with Crippen molar-refractivity contribution < 1.29 is 9.90 Å². The SMILES string of the molecule is O=C(O)c1cc(Cl)nc(NCCc2ccccc2)c1. The molecule has 98 valence electrons. The van der Waals surface area contributed by atoms with E-state index in [-0.39, 0.29) is 10.7 Å². The molecular weight excluding hydrogens is 264 g/mol. The van der Waals surface area contributed by atoms with Gasteiger partial charge in [-0.05, 0) is 24.1 Å². The van der Waals surface area contributed by atoms with Crippen LogP contribution in [0.5, 0.6) is 0 Å². The molecule has 4 nitrogen and oxygen atoms in total. The number of benzene rings is 1. The van der Waals surface area contributed by atoms with Crippen molar-refractivity contribution >= 4 is 23.4 Å². The number of aromatic nitrogens is 1. The second kappa shape index (κ2) is 6.20. The molecular formula is C14H13ClN2O2. The van der Waals surface area contributed by atoms with Crippen molar-refractivity contribution in [2.45, 2.75) is 6.42 Å². The number of nitrogens with one attached hydrogen (secondary N) is 1. The topological polar surface area (TPSA) is 62.2 Å². The molecule has 2 aromatic rings. The summed E-state index contributed by atoms with van der Waals surface area (Å²) in [4.78, 5) is 14.9. The van der Waals surface area contributed by atoms with E-state index in [0.717, 1.165) is 6.42 Å². The van der Waals surface area contributed by atoms with Crippen LogP contribution in [-0.4, -0.2) is 22.6 Å². The van der Waals surface area contributed by atoms with Gasteiger partial charge in [0.25, 0.3) is 0 Å². The Kier molecular flexibility index (Phi) is 4.36. The highest BCUT2D eigenvalue weighted by Gasteiger charge is 2.07. The lowest BCUT2D eigenvalue weighted by molar-refractivity contribution is 0.0697. The number of carbonyl (C=O) groups is 1. The van der Waals surface area contributed by atoms with Crippen molar-refractivity contribution in [3.8, 4) is 0 Å². The molecule has 0 atom stereocenters. The maximum atomic E-state index is 10.9. The number of hydrogen-bond donors (Lipinski definition) is 2. The molecule has 0 amide bonds. The number of anilines is 1. The molecule has 1 aromatic carbocycles. The quantitative estimate of drug-likeness (QED) is 0.824. The van der Waals surface area contributed by atoms with E-state index in [1.807, 2.05) is 30.3 Å². The molecule has 0 saturated carbocycles. The van der Waals surface area contributed by atoms with Crippen LogP contribution in [-0.2, 0) is 6.42 Å². The van der Waals surface area contributed by atoms with Crippen LogP contribution < -0.4 is 5.32 Å². The summed E-state index contributed by atoms with van der Waals surface area (Å²) in [5.41, 5.74) is 1.33. The van der Waals surface area contributed by atoms with E-state index < -0.39 is 5.97 Å². The van der Waals surface area contributed by atoms with Crippen molar-refractivity contribution in [3.05, 3.63) is 58.7 Å². The number of nitrogens with zero attached hydrogens (tertiary/aromatic N) is 1. The summed E-state index contributed by atoms with van der Waals surface area (Å²) in [7, 11) is 0. The Bertz CT molecular complexity index is 573. The molecule has 0 unspecified atom stereocenters. The second-order valence-electron chi connectivity index (χ2n) is 4.03. The minimum absolute atomic E-state index is 0.127. The Morgan fingerprint density at radius 3 is 2.68 bits per heavy atom. The van der Waals surface area contributed by atoms with E-state index in [1.54, 1.807) is 0 Å². The van der Waals surface area contributed by atoms with Gasteiger partial charge in [-0.3, -0.25) is 0 Å². The number of halogens is 1. The first kappa shape index (κ1) is 13.4. The normalized spacial score (nSPS) is 10.2. The Hall–Kier alpha value is -2.07. The summed E-state index contributed by atoms with van der Waals surface area (Å²) in [6.45, 7) is 0.663. The molecule has 0 bridgehead atoms. The van der Waals surface area contributed by atoms with Gasteiger partial charge in [0.2, 0.25) is 0 Å². The van der Waals surface area contributed by atoms with E-state index >= 15 is 0 Å². The molecule has 19 heavy (non-hydrogen) atoms. The van der Waals surface area contributed by atoms with Crippen LogP contribution in [0.1, 0.15) is 15.9 Å². The van der Waals surface area contributed by atoms with Crippen LogP contribution in [0.15, 0.2) is 42.5 Å². The lowest BCUT2D eigenvalue weighted by atomic mass is 10.1. The van der Waals surface area contributed by atoms with Crippen molar-refractivity contribution in [2.24, 2.45) is 0 Å². The molecule has 2 rings (SSSR count). The number of carboxylic acid groups (broad SMARTS) is 1. The van der Waals surface area contributed by atoms with Crippen LogP contribution in [0, 0.1) is 0 Å². The lowest BCUT2D eigenvalue weighted by Gasteiger charge is -2.07. The fourth-order valence-electron chi connectivity index (χ4n) is 1.69. The zero-order chi connectivity index (χ0) is 13.7. The fourth-order valence-corrected chi connectivity index (χ4v) is 1.90. The molecule has 0 spiro atoms. The smallest absolute Gasteiger partial charge is 0.335 e. The first-order valence-electron chi connectivity index (χ1n) is 5.84. The van der Waals surface area contributed by atoms with Crippen molar-refractivity contribution in [3.63, 3.8) is 0 Å². The van der Waals surface area contributed by atoms with E-state index in [1.165, 1.54) is 17.7 Å². The number of carboxylic acids is 1. The summed E-state index contributed by atoms with van der Waals surface area (Å²) in [5.74, 6) is -0.545. The Labute approximate surface area is 116 Å². The molecule has 0 fully saturated rings. The Morgan fingerprint density at radius 2 is 2.00 bits per heavy atom. The third-order valence-electron chi connectivity index (χ3n) is 2.60. The average molecular weight is 277 g/mol.